The normalized spacial score (nSPS) is 10.2. The van der Waals surface area contributed by atoms with Crippen LogP contribution in [-0.2, 0) is 0 Å². The van der Waals surface area contributed by atoms with E-state index in [1.165, 1.54) is 0 Å². The monoisotopic (exact) mass is 232 g/mol. The van der Waals surface area contributed by atoms with Crippen molar-refractivity contribution in [3.8, 4) is 17.3 Å². The largest absolute Gasteiger partial charge is 0.475 e. The zero-order valence-electron chi connectivity index (χ0n) is 9.56. The van der Waals surface area contributed by atoms with Crippen molar-refractivity contribution in [1.82, 2.24) is 9.97 Å². The number of benzene rings is 1. The summed E-state index contributed by atoms with van der Waals surface area (Å²) in [4.78, 5) is 8.57. The maximum absolute atomic E-state index is 12.0. The first-order valence-corrected chi connectivity index (χ1v) is 5.39. The van der Waals surface area contributed by atoms with Gasteiger partial charge in [-0.15, -0.1) is 0 Å². The average Bonchev–Trinajstić information content (AvgIpc) is 2.37. The number of aromatic nitrogens is 2. The van der Waals surface area contributed by atoms with E-state index in [2.05, 4.69) is 9.97 Å². The lowest BCUT2D eigenvalue weighted by Gasteiger charge is -2.06. The number of halogens is 1. The molecule has 0 atom stereocenters. The van der Waals surface area contributed by atoms with E-state index in [1.54, 1.807) is 6.07 Å². The Hall–Kier alpha value is -1.97. The van der Waals surface area contributed by atoms with Gasteiger partial charge in [0, 0.05) is 17.3 Å². The fraction of sp³-hybridized carbons (Fsp3) is 0.231. The van der Waals surface area contributed by atoms with Gasteiger partial charge >= 0.3 is 0 Å². The molecule has 0 N–H and O–H groups in total. The Balaban J connectivity index is 2.32. The molecular weight excluding hydrogens is 219 g/mol. The lowest BCUT2D eigenvalue weighted by molar-refractivity contribution is 0.264. The number of hydrogen-bond donors (Lipinski definition) is 0. The second-order valence-electron chi connectivity index (χ2n) is 3.57. The van der Waals surface area contributed by atoms with Crippen LogP contribution in [0.2, 0.25) is 0 Å². The van der Waals surface area contributed by atoms with E-state index in [1.807, 2.05) is 37.3 Å². The van der Waals surface area contributed by atoms with Crippen LogP contribution in [0.25, 0.3) is 11.4 Å². The molecule has 0 fully saturated rings. The van der Waals surface area contributed by atoms with Gasteiger partial charge in [-0.05, 0) is 6.92 Å². The molecule has 0 aliphatic carbocycles. The lowest BCUT2D eigenvalue weighted by Crippen LogP contribution is -2.02. The van der Waals surface area contributed by atoms with Gasteiger partial charge in [-0.1, -0.05) is 30.3 Å². The highest BCUT2D eigenvalue weighted by molar-refractivity contribution is 5.55. The van der Waals surface area contributed by atoms with Gasteiger partial charge in [0.1, 0.15) is 13.3 Å². The van der Waals surface area contributed by atoms with Crippen LogP contribution < -0.4 is 4.74 Å². The molecule has 0 saturated heterocycles. The molecule has 1 heterocycles. The van der Waals surface area contributed by atoms with Crippen molar-refractivity contribution in [1.29, 1.82) is 0 Å². The zero-order valence-corrected chi connectivity index (χ0v) is 9.56. The third-order valence-corrected chi connectivity index (χ3v) is 2.19. The average molecular weight is 232 g/mol. The highest BCUT2D eigenvalue weighted by Crippen LogP contribution is 2.18. The fourth-order valence-electron chi connectivity index (χ4n) is 1.47. The van der Waals surface area contributed by atoms with E-state index in [4.69, 9.17) is 4.74 Å². The molecule has 3 nitrogen and oxygen atoms in total. The molecule has 2 aromatic rings. The third kappa shape index (κ3) is 3.00. The van der Waals surface area contributed by atoms with Crippen molar-refractivity contribution in [2.75, 3.05) is 13.3 Å². The second-order valence-corrected chi connectivity index (χ2v) is 3.57. The molecule has 17 heavy (non-hydrogen) atoms. The Labute approximate surface area is 99.3 Å². The standard InChI is InChI=1S/C13H13FN2O/c1-10-9-12(17-8-7-14)16-13(15-10)11-5-3-2-4-6-11/h2-6,9H,7-8H2,1H3. The maximum atomic E-state index is 12.0. The van der Waals surface area contributed by atoms with Gasteiger partial charge in [0.25, 0.3) is 0 Å². The van der Waals surface area contributed by atoms with Gasteiger partial charge < -0.3 is 4.74 Å². The number of nitrogens with zero attached hydrogens (tertiary/aromatic N) is 2. The smallest absolute Gasteiger partial charge is 0.217 e. The summed E-state index contributed by atoms with van der Waals surface area (Å²) in [6, 6.07) is 11.3. The van der Waals surface area contributed by atoms with Crippen molar-refractivity contribution in [2.24, 2.45) is 0 Å². The predicted molar refractivity (Wildman–Crippen MR) is 63.7 cm³/mol. The summed E-state index contributed by atoms with van der Waals surface area (Å²) in [5, 5.41) is 0. The van der Waals surface area contributed by atoms with Crippen molar-refractivity contribution >= 4 is 0 Å². The summed E-state index contributed by atoms with van der Waals surface area (Å²) < 4.78 is 17.2. The van der Waals surface area contributed by atoms with Crippen LogP contribution in [0.5, 0.6) is 5.88 Å². The topological polar surface area (TPSA) is 35.0 Å². The molecule has 1 aromatic carbocycles. The molecule has 0 aliphatic rings. The second kappa shape index (κ2) is 5.39. The van der Waals surface area contributed by atoms with E-state index >= 15 is 0 Å². The summed E-state index contributed by atoms with van der Waals surface area (Å²) in [6.07, 6.45) is 0. The van der Waals surface area contributed by atoms with Crippen molar-refractivity contribution in [2.45, 2.75) is 6.92 Å². The van der Waals surface area contributed by atoms with Gasteiger partial charge in [0.05, 0.1) is 0 Å². The quantitative estimate of drug-likeness (QED) is 0.813. The maximum Gasteiger partial charge on any atom is 0.217 e. The molecule has 0 bridgehead atoms. The minimum atomic E-state index is -0.524. The third-order valence-electron chi connectivity index (χ3n) is 2.19. The molecule has 0 saturated carbocycles. The molecule has 2 rings (SSSR count). The van der Waals surface area contributed by atoms with Gasteiger partial charge in [0.2, 0.25) is 5.88 Å². The Morgan fingerprint density at radius 1 is 1.18 bits per heavy atom. The first kappa shape index (κ1) is 11.5. The van der Waals surface area contributed by atoms with Crippen molar-refractivity contribution in [3.63, 3.8) is 0 Å². The molecule has 88 valence electrons. The SMILES string of the molecule is Cc1cc(OCCF)nc(-c2ccccc2)n1. The molecule has 1 aromatic heterocycles. The predicted octanol–water partition coefficient (Wildman–Crippen LogP) is 2.80. The molecular formula is C13H13FN2O. The Morgan fingerprint density at radius 2 is 1.94 bits per heavy atom. The van der Waals surface area contributed by atoms with Crippen LogP contribution in [-0.4, -0.2) is 23.2 Å². The van der Waals surface area contributed by atoms with Crippen LogP contribution in [0.3, 0.4) is 0 Å². The van der Waals surface area contributed by atoms with Crippen molar-refractivity contribution in [3.05, 3.63) is 42.1 Å². The first-order chi connectivity index (χ1) is 8.29. The van der Waals surface area contributed by atoms with Gasteiger partial charge in [0.15, 0.2) is 5.82 Å². The molecule has 4 heteroatoms. The van der Waals surface area contributed by atoms with E-state index in [0.717, 1.165) is 11.3 Å². The Kier molecular flexibility index (Phi) is 3.65. The molecule has 0 aliphatic heterocycles. The number of hydrogen-bond acceptors (Lipinski definition) is 3. The van der Waals surface area contributed by atoms with Crippen LogP contribution in [0.4, 0.5) is 4.39 Å². The van der Waals surface area contributed by atoms with Crippen LogP contribution >= 0.6 is 0 Å². The molecule has 0 unspecified atom stereocenters. The van der Waals surface area contributed by atoms with Gasteiger partial charge in [-0.3, -0.25) is 0 Å². The summed E-state index contributed by atoms with van der Waals surface area (Å²) in [5.74, 6) is 1.01. The molecule has 0 amide bonds. The van der Waals surface area contributed by atoms with Crippen LogP contribution in [0.15, 0.2) is 36.4 Å². The lowest BCUT2D eigenvalue weighted by atomic mass is 10.2. The summed E-state index contributed by atoms with van der Waals surface area (Å²) in [5.41, 5.74) is 1.72. The molecule has 0 spiro atoms. The fourth-order valence-corrected chi connectivity index (χ4v) is 1.47. The van der Waals surface area contributed by atoms with Crippen LogP contribution in [0.1, 0.15) is 5.69 Å². The number of alkyl halides is 1. The highest BCUT2D eigenvalue weighted by Gasteiger charge is 2.05. The van der Waals surface area contributed by atoms with E-state index in [9.17, 15) is 4.39 Å². The Morgan fingerprint density at radius 3 is 2.65 bits per heavy atom. The summed E-state index contributed by atoms with van der Waals surface area (Å²) in [6.45, 7) is 1.35. The number of rotatable bonds is 4. The van der Waals surface area contributed by atoms with Crippen molar-refractivity contribution < 1.29 is 9.13 Å². The summed E-state index contributed by atoms with van der Waals surface area (Å²) in [7, 11) is 0. The first-order valence-electron chi connectivity index (χ1n) is 5.39. The van der Waals surface area contributed by atoms with Gasteiger partial charge in [-0.2, -0.15) is 4.98 Å². The number of aryl methyl sites for hydroxylation is 1. The van der Waals surface area contributed by atoms with E-state index < -0.39 is 6.67 Å². The zero-order chi connectivity index (χ0) is 12.1. The number of ether oxygens (including phenoxy) is 1. The Bertz CT molecular complexity index is 488. The minimum absolute atomic E-state index is 0.0185. The summed E-state index contributed by atoms with van der Waals surface area (Å²) >= 11 is 0. The highest BCUT2D eigenvalue weighted by atomic mass is 19.1. The van der Waals surface area contributed by atoms with E-state index in [0.29, 0.717) is 11.7 Å². The van der Waals surface area contributed by atoms with Gasteiger partial charge in [-0.25, -0.2) is 9.37 Å². The van der Waals surface area contributed by atoms with Crippen LogP contribution in [0, 0.1) is 6.92 Å². The van der Waals surface area contributed by atoms with E-state index in [-0.39, 0.29) is 6.61 Å². The molecule has 0 radical (unpaired) electrons. The minimum Gasteiger partial charge on any atom is -0.475 e.